The zero-order valence-electron chi connectivity index (χ0n) is 13.7. The summed E-state index contributed by atoms with van der Waals surface area (Å²) in [4.78, 5) is 26.4. The number of fused-ring (bicyclic) bond motifs is 1. The number of carbonyl (C=O) groups excluding carboxylic acids is 2. The third-order valence-corrected chi connectivity index (χ3v) is 3.30. The first-order valence-corrected chi connectivity index (χ1v) is 7.17. The zero-order chi connectivity index (χ0) is 17.3. The monoisotopic (exact) mass is 316 g/mol. The lowest BCUT2D eigenvalue weighted by Gasteiger charge is -2.30. The minimum Gasteiger partial charge on any atom is -0.444 e. The normalized spacial score (nSPS) is 20.0. The first kappa shape index (κ1) is 16.8. The standard InChI is InChI=1S/C17H20N2O4/c1-6-11-22-17(18-15(21)23-16(2,3)4)12-9-7-8-10-13(12)19(5)14(17)20/h1,7-10H,11H2,2-5H3,(H,18,21)/t17-/m1/s1. The van der Waals surface area contributed by atoms with Crippen LogP contribution in [0.3, 0.4) is 0 Å². The minimum absolute atomic E-state index is 0.135. The van der Waals surface area contributed by atoms with Crippen LogP contribution in [0.15, 0.2) is 24.3 Å². The van der Waals surface area contributed by atoms with Crippen LogP contribution in [0.25, 0.3) is 0 Å². The summed E-state index contributed by atoms with van der Waals surface area (Å²) in [6.07, 6.45) is 4.50. The Hall–Kier alpha value is -2.52. The highest BCUT2D eigenvalue weighted by Crippen LogP contribution is 2.40. The lowest BCUT2D eigenvalue weighted by atomic mass is 10.0. The molecule has 0 saturated carbocycles. The number of ether oxygens (including phenoxy) is 2. The van der Waals surface area contributed by atoms with Crippen LogP contribution < -0.4 is 10.2 Å². The van der Waals surface area contributed by atoms with E-state index in [4.69, 9.17) is 15.9 Å². The van der Waals surface area contributed by atoms with E-state index < -0.39 is 23.3 Å². The van der Waals surface area contributed by atoms with Gasteiger partial charge in [-0.05, 0) is 26.8 Å². The molecule has 2 rings (SSSR count). The molecule has 1 aliphatic heterocycles. The van der Waals surface area contributed by atoms with Gasteiger partial charge in [-0.2, -0.15) is 0 Å². The van der Waals surface area contributed by atoms with Gasteiger partial charge >= 0.3 is 6.09 Å². The Kier molecular flexibility index (Phi) is 4.35. The Morgan fingerprint density at radius 2 is 2.04 bits per heavy atom. The van der Waals surface area contributed by atoms with Crippen LogP contribution >= 0.6 is 0 Å². The van der Waals surface area contributed by atoms with Gasteiger partial charge in [-0.25, -0.2) is 4.79 Å². The second-order valence-corrected chi connectivity index (χ2v) is 6.18. The van der Waals surface area contributed by atoms with Crippen LogP contribution in [0.2, 0.25) is 0 Å². The van der Waals surface area contributed by atoms with E-state index >= 15 is 0 Å². The number of terminal acetylenes is 1. The SMILES string of the molecule is C#CCO[C@@]1(NC(=O)OC(C)(C)C)C(=O)N(C)c2ccccc21. The van der Waals surface area contributed by atoms with Crippen LogP contribution in [0.1, 0.15) is 26.3 Å². The molecule has 1 aromatic carbocycles. The molecule has 0 aromatic heterocycles. The molecule has 0 radical (unpaired) electrons. The maximum absolute atomic E-state index is 12.8. The molecule has 2 amide bonds. The number of hydrogen-bond donors (Lipinski definition) is 1. The van der Waals surface area contributed by atoms with Crippen molar-refractivity contribution in [2.75, 3.05) is 18.6 Å². The minimum atomic E-state index is -1.68. The number of hydrogen-bond acceptors (Lipinski definition) is 4. The number of rotatable bonds is 3. The Balaban J connectivity index is 2.43. The first-order chi connectivity index (χ1) is 10.7. The first-order valence-electron chi connectivity index (χ1n) is 7.17. The number of anilines is 1. The summed E-state index contributed by atoms with van der Waals surface area (Å²) in [5, 5.41) is 2.55. The van der Waals surface area contributed by atoms with E-state index in [0.29, 0.717) is 11.3 Å². The van der Waals surface area contributed by atoms with Gasteiger partial charge < -0.3 is 14.4 Å². The highest BCUT2D eigenvalue weighted by molar-refractivity contribution is 6.07. The molecule has 0 bridgehead atoms. The van der Waals surface area contributed by atoms with Gasteiger partial charge in [0, 0.05) is 12.6 Å². The van der Waals surface area contributed by atoms with E-state index in [9.17, 15) is 9.59 Å². The average molecular weight is 316 g/mol. The molecule has 6 nitrogen and oxygen atoms in total. The molecule has 122 valence electrons. The Labute approximate surface area is 135 Å². The van der Waals surface area contributed by atoms with E-state index in [0.717, 1.165) is 0 Å². The van der Waals surface area contributed by atoms with Crippen molar-refractivity contribution in [2.24, 2.45) is 0 Å². The Morgan fingerprint density at radius 3 is 2.65 bits per heavy atom. The molecule has 0 fully saturated rings. The molecule has 23 heavy (non-hydrogen) atoms. The van der Waals surface area contributed by atoms with Crippen LogP contribution in [-0.4, -0.2) is 31.3 Å². The highest BCUT2D eigenvalue weighted by Gasteiger charge is 2.53. The maximum Gasteiger partial charge on any atom is 0.410 e. The van der Waals surface area contributed by atoms with Gasteiger partial charge in [-0.15, -0.1) is 6.42 Å². The summed E-state index contributed by atoms with van der Waals surface area (Å²) in [7, 11) is 1.61. The van der Waals surface area contributed by atoms with Gasteiger partial charge in [0.15, 0.2) is 0 Å². The molecule has 1 aromatic rings. The van der Waals surface area contributed by atoms with Gasteiger partial charge in [0.25, 0.3) is 11.6 Å². The summed E-state index contributed by atoms with van der Waals surface area (Å²) in [6.45, 7) is 5.07. The Bertz CT molecular complexity index is 672. The van der Waals surface area contributed by atoms with Crippen molar-refractivity contribution in [3.05, 3.63) is 29.8 Å². The molecule has 6 heteroatoms. The molecular weight excluding hydrogens is 296 g/mol. The number of para-hydroxylation sites is 1. The number of carbonyl (C=O) groups is 2. The quantitative estimate of drug-likeness (QED) is 0.684. The predicted octanol–water partition coefficient (Wildman–Crippen LogP) is 1.99. The maximum atomic E-state index is 12.8. The third kappa shape index (κ3) is 3.15. The van der Waals surface area contributed by atoms with Crippen molar-refractivity contribution < 1.29 is 19.1 Å². The zero-order valence-corrected chi connectivity index (χ0v) is 13.7. The van der Waals surface area contributed by atoms with Crippen molar-refractivity contribution in [1.82, 2.24) is 5.32 Å². The van der Waals surface area contributed by atoms with Gasteiger partial charge in [0.05, 0.1) is 5.69 Å². The summed E-state index contributed by atoms with van der Waals surface area (Å²) in [6, 6.07) is 7.04. The number of alkyl carbamates (subject to hydrolysis) is 1. The molecule has 1 N–H and O–H groups in total. The van der Waals surface area contributed by atoms with Crippen LogP contribution in [-0.2, 0) is 20.0 Å². The van der Waals surface area contributed by atoms with Crippen LogP contribution in [0.5, 0.6) is 0 Å². The fraction of sp³-hybridized carbons (Fsp3) is 0.412. The topological polar surface area (TPSA) is 67.9 Å². The van der Waals surface area contributed by atoms with Crippen molar-refractivity contribution in [1.29, 1.82) is 0 Å². The van der Waals surface area contributed by atoms with E-state index in [-0.39, 0.29) is 6.61 Å². The van der Waals surface area contributed by atoms with Crippen molar-refractivity contribution in [2.45, 2.75) is 32.1 Å². The van der Waals surface area contributed by atoms with Gasteiger partial charge in [0.2, 0.25) is 0 Å². The van der Waals surface area contributed by atoms with Gasteiger partial charge in [0.1, 0.15) is 12.2 Å². The Morgan fingerprint density at radius 1 is 1.39 bits per heavy atom. The van der Waals surface area contributed by atoms with Crippen LogP contribution in [0.4, 0.5) is 10.5 Å². The second-order valence-electron chi connectivity index (χ2n) is 6.18. The lowest BCUT2D eigenvalue weighted by molar-refractivity contribution is -0.146. The fourth-order valence-electron chi connectivity index (χ4n) is 2.42. The number of likely N-dealkylation sites (N-methyl/N-ethyl adjacent to an activating group) is 1. The molecule has 1 atom stereocenters. The van der Waals surface area contributed by atoms with Crippen molar-refractivity contribution in [3.8, 4) is 12.3 Å². The fourth-order valence-corrected chi connectivity index (χ4v) is 2.42. The number of amides is 2. The van der Waals surface area contributed by atoms with Gasteiger partial charge in [-0.3, -0.25) is 10.1 Å². The van der Waals surface area contributed by atoms with Crippen LogP contribution in [0, 0.1) is 12.3 Å². The van der Waals surface area contributed by atoms with E-state index in [1.165, 1.54) is 4.90 Å². The lowest BCUT2D eigenvalue weighted by Crippen LogP contribution is -2.55. The average Bonchev–Trinajstić information content (AvgIpc) is 2.66. The molecular formula is C17H20N2O4. The molecule has 0 spiro atoms. The van der Waals surface area contributed by atoms with E-state index in [1.807, 2.05) is 0 Å². The third-order valence-electron chi connectivity index (χ3n) is 3.30. The van der Waals surface area contributed by atoms with E-state index in [2.05, 4.69) is 11.2 Å². The van der Waals surface area contributed by atoms with Crippen molar-refractivity contribution >= 4 is 17.7 Å². The second kappa shape index (κ2) is 5.94. The molecule has 0 saturated heterocycles. The molecule has 0 unspecified atom stereocenters. The van der Waals surface area contributed by atoms with E-state index in [1.54, 1.807) is 52.1 Å². The summed E-state index contributed by atoms with van der Waals surface area (Å²) >= 11 is 0. The number of nitrogens with zero attached hydrogens (tertiary/aromatic N) is 1. The van der Waals surface area contributed by atoms with Gasteiger partial charge in [-0.1, -0.05) is 24.1 Å². The number of nitrogens with one attached hydrogen (secondary N) is 1. The molecule has 1 heterocycles. The summed E-state index contributed by atoms with van der Waals surface area (Å²) in [5.74, 6) is 1.89. The summed E-state index contributed by atoms with van der Waals surface area (Å²) < 4.78 is 10.8. The molecule has 1 aliphatic rings. The predicted molar refractivity (Wildman–Crippen MR) is 85.7 cm³/mol. The smallest absolute Gasteiger partial charge is 0.410 e. The summed E-state index contributed by atoms with van der Waals surface area (Å²) in [5.41, 5.74) is -1.22. The van der Waals surface area contributed by atoms with Crippen molar-refractivity contribution in [3.63, 3.8) is 0 Å². The number of benzene rings is 1. The largest absolute Gasteiger partial charge is 0.444 e. The molecule has 0 aliphatic carbocycles. The highest BCUT2D eigenvalue weighted by atomic mass is 16.6.